The number of nitrogens with zero attached hydrogens (tertiary/aromatic N) is 3. The van der Waals surface area contributed by atoms with Crippen LogP contribution < -0.4 is 20.5 Å². The first-order valence-corrected chi connectivity index (χ1v) is 13.7. The number of halogens is 3. The molecule has 1 aliphatic heterocycles. The molecule has 2 aliphatic rings. The van der Waals surface area contributed by atoms with Gasteiger partial charge in [-0.2, -0.15) is 8.76 Å². The molecule has 3 N–H and O–H groups in total. The second-order valence-corrected chi connectivity index (χ2v) is 10.5. The molecule has 2 heterocycles. The molecule has 1 saturated carbocycles. The molecule has 1 aliphatic carbocycles. The van der Waals surface area contributed by atoms with E-state index in [-0.39, 0.29) is 12.5 Å². The van der Waals surface area contributed by atoms with Gasteiger partial charge >= 0.3 is 0 Å². The number of hydrogen-bond donors (Lipinski definition) is 2. The van der Waals surface area contributed by atoms with Crippen LogP contribution in [-0.2, 0) is 0 Å². The zero-order chi connectivity index (χ0) is 27.5. The molecule has 0 spiro atoms. The molecule has 5 rings (SSSR count). The normalized spacial score (nSPS) is 15.8. The number of piperidine rings is 1. The number of carbonyl (C=O) groups is 1. The minimum atomic E-state index is -1.75. The molecular weight excluding hydrogens is 531 g/mol. The summed E-state index contributed by atoms with van der Waals surface area (Å²) in [5.41, 5.74) is 6.57. The predicted molar refractivity (Wildman–Crippen MR) is 142 cm³/mol. The SMILES string of the molecule is Cc1cc(-c2nsnc2OCCN2CCCCC2)ccc1Nc1c(F)c(F)c(F)c(OCC2CC2)c1C(N)=O. The summed E-state index contributed by atoms with van der Waals surface area (Å²) in [5, 5.41) is 2.73. The van der Waals surface area contributed by atoms with Gasteiger partial charge in [-0.3, -0.25) is 9.69 Å². The molecule has 1 saturated heterocycles. The number of rotatable bonds is 11. The lowest BCUT2D eigenvalue weighted by Crippen LogP contribution is -2.33. The van der Waals surface area contributed by atoms with Crippen molar-refractivity contribution in [3.63, 3.8) is 0 Å². The van der Waals surface area contributed by atoms with Crippen molar-refractivity contribution in [1.29, 1.82) is 0 Å². The number of primary amides is 1. The molecule has 0 radical (unpaired) electrons. The van der Waals surface area contributed by atoms with Gasteiger partial charge in [-0.15, -0.1) is 4.37 Å². The summed E-state index contributed by atoms with van der Waals surface area (Å²) in [5.74, 6) is -6.11. The number of likely N-dealkylation sites (tertiary alicyclic amines) is 1. The van der Waals surface area contributed by atoms with Gasteiger partial charge in [-0.1, -0.05) is 12.5 Å². The quantitative estimate of drug-likeness (QED) is 0.301. The molecule has 2 aromatic carbocycles. The standard InChI is InChI=1S/C27H30F3N5O3S/c1-15-13-17(23-27(34-39-33-23)37-12-11-35-9-3-2-4-10-35)7-8-18(15)32-24-19(26(31)36)25(38-14-16-5-6-16)22(30)20(28)21(24)29/h7-8,13,16,32H,2-6,9-12,14H2,1H3,(H2,31,36). The van der Waals surface area contributed by atoms with Crippen molar-refractivity contribution in [2.75, 3.05) is 38.2 Å². The molecule has 3 aromatic rings. The van der Waals surface area contributed by atoms with Crippen molar-refractivity contribution >= 4 is 29.0 Å². The number of benzene rings is 2. The first kappa shape index (κ1) is 27.2. The van der Waals surface area contributed by atoms with Gasteiger partial charge < -0.3 is 20.5 Å². The molecule has 0 bridgehead atoms. The molecule has 8 nitrogen and oxygen atoms in total. The highest BCUT2D eigenvalue weighted by molar-refractivity contribution is 6.99. The van der Waals surface area contributed by atoms with E-state index in [2.05, 4.69) is 19.0 Å². The summed E-state index contributed by atoms with van der Waals surface area (Å²) in [6.45, 7) is 5.28. The third-order valence-electron chi connectivity index (χ3n) is 7.00. The molecule has 1 amide bonds. The maximum Gasteiger partial charge on any atom is 0.254 e. The number of amides is 1. The lowest BCUT2D eigenvalue weighted by molar-refractivity contribution is 0.0995. The Morgan fingerprint density at radius 1 is 1.10 bits per heavy atom. The van der Waals surface area contributed by atoms with E-state index in [0.29, 0.717) is 35.0 Å². The van der Waals surface area contributed by atoms with Gasteiger partial charge in [0.1, 0.15) is 17.9 Å². The van der Waals surface area contributed by atoms with Crippen LogP contribution in [0.3, 0.4) is 0 Å². The van der Waals surface area contributed by atoms with Gasteiger partial charge in [0, 0.05) is 17.8 Å². The van der Waals surface area contributed by atoms with Gasteiger partial charge in [0.25, 0.3) is 11.8 Å². The van der Waals surface area contributed by atoms with Crippen molar-refractivity contribution in [2.45, 2.75) is 39.0 Å². The molecule has 12 heteroatoms. The van der Waals surface area contributed by atoms with Gasteiger partial charge in [0.05, 0.1) is 24.0 Å². The smallest absolute Gasteiger partial charge is 0.254 e. The Hall–Kier alpha value is -3.38. The first-order chi connectivity index (χ1) is 18.8. The van der Waals surface area contributed by atoms with E-state index < -0.39 is 40.4 Å². The number of nitrogens with one attached hydrogen (secondary N) is 1. The Morgan fingerprint density at radius 3 is 2.56 bits per heavy atom. The van der Waals surface area contributed by atoms with E-state index in [0.717, 1.165) is 44.2 Å². The highest BCUT2D eigenvalue weighted by atomic mass is 32.1. The molecule has 0 atom stereocenters. The summed E-state index contributed by atoms with van der Waals surface area (Å²) >= 11 is 1.04. The number of hydrogen-bond acceptors (Lipinski definition) is 8. The van der Waals surface area contributed by atoms with Gasteiger partial charge in [-0.05, 0) is 69.3 Å². The van der Waals surface area contributed by atoms with Crippen molar-refractivity contribution in [1.82, 2.24) is 13.6 Å². The van der Waals surface area contributed by atoms with Crippen LogP contribution in [0, 0.1) is 30.3 Å². The summed E-state index contributed by atoms with van der Waals surface area (Å²) in [4.78, 5) is 14.6. The fourth-order valence-electron chi connectivity index (χ4n) is 4.60. The van der Waals surface area contributed by atoms with E-state index >= 15 is 0 Å². The van der Waals surface area contributed by atoms with Crippen molar-refractivity contribution in [3.05, 3.63) is 46.8 Å². The highest BCUT2D eigenvalue weighted by Gasteiger charge is 2.31. The number of anilines is 2. The molecule has 208 valence electrons. The van der Waals surface area contributed by atoms with Gasteiger partial charge in [0.2, 0.25) is 5.82 Å². The Bertz CT molecular complexity index is 1360. The second kappa shape index (κ2) is 11.8. The largest absolute Gasteiger partial charge is 0.489 e. The van der Waals surface area contributed by atoms with E-state index in [1.54, 1.807) is 25.1 Å². The van der Waals surface area contributed by atoms with Gasteiger partial charge in [0.15, 0.2) is 17.4 Å². The molecule has 2 fully saturated rings. The topological polar surface area (TPSA) is 103 Å². The lowest BCUT2D eigenvalue weighted by atomic mass is 10.1. The third kappa shape index (κ3) is 6.11. The van der Waals surface area contributed by atoms with E-state index in [4.69, 9.17) is 15.2 Å². The van der Waals surface area contributed by atoms with E-state index in [9.17, 15) is 18.0 Å². The molecule has 39 heavy (non-hydrogen) atoms. The van der Waals surface area contributed by atoms with Crippen molar-refractivity contribution in [2.24, 2.45) is 11.7 Å². The fourth-order valence-corrected chi connectivity index (χ4v) is 5.12. The Morgan fingerprint density at radius 2 is 1.87 bits per heavy atom. The minimum Gasteiger partial charge on any atom is -0.489 e. The average Bonchev–Trinajstić information content (AvgIpc) is 3.64. The monoisotopic (exact) mass is 561 g/mol. The number of aryl methyl sites for hydroxylation is 1. The number of ether oxygens (including phenoxy) is 2. The summed E-state index contributed by atoms with van der Waals surface area (Å²) in [7, 11) is 0. The average molecular weight is 562 g/mol. The highest BCUT2D eigenvalue weighted by Crippen LogP contribution is 2.39. The molecular formula is C27H30F3N5O3S. The van der Waals surface area contributed by atoms with Crippen LogP contribution in [0.25, 0.3) is 11.3 Å². The van der Waals surface area contributed by atoms with Gasteiger partial charge in [-0.25, -0.2) is 8.78 Å². The number of nitrogens with two attached hydrogens (primary N) is 1. The Balaban J connectivity index is 1.36. The number of carbonyl (C=O) groups excluding carboxylic acids is 1. The minimum absolute atomic E-state index is 0.0829. The predicted octanol–water partition coefficient (Wildman–Crippen LogP) is 5.43. The second-order valence-electron chi connectivity index (χ2n) is 9.96. The Labute approximate surface area is 228 Å². The van der Waals surface area contributed by atoms with Crippen LogP contribution in [0.1, 0.15) is 48.0 Å². The molecule has 0 unspecified atom stereocenters. The maximum atomic E-state index is 14.9. The van der Waals surface area contributed by atoms with E-state index in [1.807, 2.05) is 0 Å². The molecule has 1 aromatic heterocycles. The van der Waals surface area contributed by atoms with Crippen LogP contribution in [0.5, 0.6) is 11.6 Å². The van der Waals surface area contributed by atoms with Crippen molar-refractivity contribution in [3.8, 4) is 22.9 Å². The van der Waals surface area contributed by atoms with Crippen LogP contribution in [0.15, 0.2) is 18.2 Å². The van der Waals surface area contributed by atoms with Crippen LogP contribution in [-0.4, -0.2) is 52.4 Å². The zero-order valence-corrected chi connectivity index (χ0v) is 22.4. The fraction of sp³-hybridized carbons (Fsp3) is 0.444. The Kier molecular flexibility index (Phi) is 8.22. The summed E-state index contributed by atoms with van der Waals surface area (Å²) < 4.78 is 64.0. The lowest BCUT2D eigenvalue weighted by Gasteiger charge is -2.25. The van der Waals surface area contributed by atoms with Crippen LogP contribution >= 0.6 is 11.7 Å². The third-order valence-corrected chi connectivity index (χ3v) is 7.51. The zero-order valence-electron chi connectivity index (χ0n) is 21.6. The van der Waals surface area contributed by atoms with Crippen LogP contribution in [0.4, 0.5) is 24.5 Å². The maximum absolute atomic E-state index is 14.9. The van der Waals surface area contributed by atoms with Crippen LogP contribution in [0.2, 0.25) is 0 Å². The van der Waals surface area contributed by atoms with Crippen molar-refractivity contribution < 1.29 is 27.4 Å². The summed E-state index contributed by atoms with van der Waals surface area (Å²) in [6.07, 6.45) is 5.44. The number of aromatic nitrogens is 2. The van der Waals surface area contributed by atoms with E-state index in [1.165, 1.54) is 19.3 Å². The summed E-state index contributed by atoms with van der Waals surface area (Å²) in [6, 6.07) is 5.12. The first-order valence-electron chi connectivity index (χ1n) is 13.0.